The minimum atomic E-state index is -1.21. The fraction of sp³-hybridized carbons (Fsp3) is 0.364. The number of rotatable bonds is 7. The molecule has 1 aliphatic heterocycles. The van der Waals surface area contributed by atoms with Crippen LogP contribution in [0.3, 0.4) is 0 Å². The van der Waals surface area contributed by atoms with Gasteiger partial charge in [-0.2, -0.15) is 5.10 Å². The van der Waals surface area contributed by atoms with Gasteiger partial charge in [0.05, 0.1) is 29.8 Å². The third-order valence-electron chi connectivity index (χ3n) is 5.75. The molecule has 0 spiro atoms. The van der Waals surface area contributed by atoms with Crippen molar-refractivity contribution in [3.8, 4) is 0 Å². The van der Waals surface area contributed by atoms with Crippen LogP contribution in [-0.4, -0.2) is 71.3 Å². The molecule has 0 radical (unpaired) electrons. The number of pyridine rings is 1. The van der Waals surface area contributed by atoms with Gasteiger partial charge >= 0.3 is 6.09 Å². The quantitative estimate of drug-likeness (QED) is 0.336. The Kier molecular flexibility index (Phi) is 6.60. The molecular weight excluding hydrogens is 459 g/mol. The third kappa shape index (κ3) is 5.04. The van der Waals surface area contributed by atoms with Crippen LogP contribution in [0.1, 0.15) is 16.8 Å². The number of ether oxygens (including phenoxy) is 1. The van der Waals surface area contributed by atoms with Crippen LogP contribution >= 0.6 is 0 Å². The van der Waals surface area contributed by atoms with Crippen LogP contribution < -0.4 is 26.6 Å². The van der Waals surface area contributed by atoms with Gasteiger partial charge in [-0.05, 0) is 30.7 Å². The highest BCUT2D eigenvalue weighted by Gasteiger charge is 2.29. The molecule has 35 heavy (non-hydrogen) atoms. The molecule has 2 atom stereocenters. The number of nitrogens with zero attached hydrogens (tertiary/aromatic N) is 4. The van der Waals surface area contributed by atoms with Gasteiger partial charge in [0.2, 0.25) is 0 Å². The summed E-state index contributed by atoms with van der Waals surface area (Å²) in [4.78, 5) is 29.3. The number of benzene rings is 1. The van der Waals surface area contributed by atoms with E-state index in [0.717, 1.165) is 22.8 Å². The van der Waals surface area contributed by atoms with E-state index in [9.17, 15) is 14.0 Å². The SMILES string of the molecule is CN(C)c1nn(C)c2ccc(Nc3nc(N[C@@H]4CCOC[C@@H]4NC(=O)O)c(F)cc3C(N)=O)cc12. The number of carbonyl (C=O) groups excluding carboxylic acids is 1. The highest BCUT2D eigenvalue weighted by molar-refractivity contribution is 5.99. The maximum atomic E-state index is 14.9. The second kappa shape index (κ2) is 9.62. The Balaban J connectivity index is 1.68. The van der Waals surface area contributed by atoms with E-state index in [2.05, 4.69) is 26.0 Å². The van der Waals surface area contributed by atoms with E-state index in [1.54, 1.807) is 10.7 Å². The van der Waals surface area contributed by atoms with Gasteiger partial charge in [-0.3, -0.25) is 9.48 Å². The lowest BCUT2D eigenvalue weighted by Gasteiger charge is -2.32. The lowest BCUT2D eigenvalue weighted by Crippen LogP contribution is -2.52. The minimum absolute atomic E-state index is 0.0610. The zero-order chi connectivity index (χ0) is 25.3. The smallest absolute Gasteiger partial charge is 0.405 e. The van der Waals surface area contributed by atoms with E-state index in [0.29, 0.717) is 18.7 Å². The molecule has 2 aromatic heterocycles. The number of fused-ring (bicyclic) bond motifs is 1. The van der Waals surface area contributed by atoms with E-state index in [-0.39, 0.29) is 23.8 Å². The number of hydrogen-bond acceptors (Lipinski definition) is 8. The number of nitrogens with two attached hydrogens (primary N) is 1. The number of carboxylic acid groups (broad SMARTS) is 1. The molecule has 3 aromatic rings. The fourth-order valence-electron chi connectivity index (χ4n) is 4.05. The lowest BCUT2D eigenvalue weighted by molar-refractivity contribution is 0.0625. The predicted molar refractivity (Wildman–Crippen MR) is 129 cm³/mol. The number of aryl methyl sites for hydroxylation is 1. The van der Waals surface area contributed by atoms with Gasteiger partial charge in [0, 0.05) is 38.8 Å². The molecule has 2 amide bonds. The Morgan fingerprint density at radius 3 is 2.71 bits per heavy atom. The molecule has 1 aliphatic rings. The first kappa shape index (κ1) is 24.0. The number of halogens is 1. The average molecular weight is 487 g/mol. The number of amides is 2. The Hall–Kier alpha value is -4.13. The summed E-state index contributed by atoms with van der Waals surface area (Å²) >= 11 is 0. The standard InChI is InChI=1S/C22H27FN8O4/c1-30(2)21-12-8-11(4-5-17(12)31(3)29-21)25-19-13(18(24)32)9-14(23)20(28-19)26-15-6-7-35-10-16(15)27-22(33)34/h4-5,8-9,15-16,27H,6-7,10H2,1-3H3,(H2,24,32)(H,33,34)(H2,25,26,28)/t15-,16+/m1/s1. The summed E-state index contributed by atoms with van der Waals surface area (Å²) in [5, 5.41) is 22.8. The Morgan fingerprint density at radius 1 is 1.26 bits per heavy atom. The van der Waals surface area contributed by atoms with Gasteiger partial charge in [0.1, 0.15) is 5.82 Å². The van der Waals surface area contributed by atoms with Gasteiger partial charge in [0.25, 0.3) is 5.91 Å². The summed E-state index contributed by atoms with van der Waals surface area (Å²) in [5.74, 6) is -0.961. The highest BCUT2D eigenvalue weighted by Crippen LogP contribution is 2.30. The molecule has 3 heterocycles. The van der Waals surface area contributed by atoms with E-state index in [4.69, 9.17) is 15.6 Å². The molecule has 0 bridgehead atoms. The van der Waals surface area contributed by atoms with Crippen molar-refractivity contribution >= 4 is 46.0 Å². The van der Waals surface area contributed by atoms with Crippen molar-refractivity contribution in [2.75, 3.05) is 42.8 Å². The van der Waals surface area contributed by atoms with Crippen molar-refractivity contribution in [2.45, 2.75) is 18.5 Å². The van der Waals surface area contributed by atoms with Crippen molar-refractivity contribution in [3.63, 3.8) is 0 Å². The number of nitrogens with one attached hydrogen (secondary N) is 3. The first-order valence-electron chi connectivity index (χ1n) is 10.9. The van der Waals surface area contributed by atoms with Crippen LogP contribution in [0.15, 0.2) is 24.3 Å². The zero-order valence-electron chi connectivity index (χ0n) is 19.5. The molecule has 1 fully saturated rings. The molecule has 12 nitrogen and oxygen atoms in total. The summed E-state index contributed by atoms with van der Waals surface area (Å²) in [6, 6.07) is 5.45. The topological polar surface area (TPSA) is 160 Å². The van der Waals surface area contributed by atoms with Gasteiger partial charge in [-0.1, -0.05) is 0 Å². The Labute approximate surface area is 200 Å². The van der Waals surface area contributed by atoms with Crippen LogP contribution in [0.2, 0.25) is 0 Å². The van der Waals surface area contributed by atoms with E-state index in [1.165, 1.54) is 0 Å². The fourth-order valence-corrected chi connectivity index (χ4v) is 4.05. The third-order valence-corrected chi connectivity index (χ3v) is 5.75. The van der Waals surface area contributed by atoms with E-state index < -0.39 is 29.9 Å². The van der Waals surface area contributed by atoms with Crippen molar-refractivity contribution in [1.29, 1.82) is 0 Å². The monoisotopic (exact) mass is 486 g/mol. The highest BCUT2D eigenvalue weighted by atomic mass is 19.1. The second-order valence-electron chi connectivity index (χ2n) is 8.45. The number of anilines is 4. The summed E-state index contributed by atoms with van der Waals surface area (Å²) in [6.45, 7) is 0.510. The first-order valence-corrected chi connectivity index (χ1v) is 10.9. The number of hydrogen-bond donors (Lipinski definition) is 5. The largest absolute Gasteiger partial charge is 0.465 e. The van der Waals surface area contributed by atoms with Gasteiger partial charge in [0.15, 0.2) is 17.5 Å². The van der Waals surface area contributed by atoms with Crippen LogP contribution in [0.5, 0.6) is 0 Å². The normalized spacial score (nSPS) is 17.7. The zero-order valence-corrected chi connectivity index (χ0v) is 19.5. The molecule has 4 rings (SSSR count). The molecule has 0 saturated carbocycles. The van der Waals surface area contributed by atoms with Crippen LogP contribution in [-0.2, 0) is 11.8 Å². The Bertz CT molecular complexity index is 1280. The van der Waals surface area contributed by atoms with Crippen molar-refractivity contribution in [2.24, 2.45) is 12.8 Å². The lowest BCUT2D eigenvalue weighted by atomic mass is 10.0. The Morgan fingerprint density at radius 2 is 2.03 bits per heavy atom. The van der Waals surface area contributed by atoms with Crippen LogP contribution in [0.4, 0.5) is 32.3 Å². The maximum Gasteiger partial charge on any atom is 0.405 e. The number of carbonyl (C=O) groups is 2. The van der Waals surface area contributed by atoms with Gasteiger partial charge in [-0.25, -0.2) is 14.2 Å². The second-order valence-corrected chi connectivity index (χ2v) is 8.45. The van der Waals surface area contributed by atoms with Crippen molar-refractivity contribution in [1.82, 2.24) is 20.1 Å². The number of primary amides is 1. The van der Waals surface area contributed by atoms with Gasteiger partial charge in [-0.15, -0.1) is 0 Å². The average Bonchev–Trinajstić information content (AvgIpc) is 3.12. The summed E-state index contributed by atoms with van der Waals surface area (Å²) in [5.41, 5.74) is 6.86. The summed E-state index contributed by atoms with van der Waals surface area (Å²) in [7, 11) is 5.61. The molecule has 1 saturated heterocycles. The molecule has 1 aromatic carbocycles. The predicted octanol–water partition coefficient (Wildman–Crippen LogP) is 1.85. The molecule has 13 heteroatoms. The summed E-state index contributed by atoms with van der Waals surface area (Å²) in [6.07, 6.45) is -0.785. The van der Waals surface area contributed by atoms with E-state index in [1.807, 2.05) is 38.2 Å². The van der Waals surface area contributed by atoms with Crippen molar-refractivity contribution in [3.05, 3.63) is 35.6 Å². The minimum Gasteiger partial charge on any atom is -0.465 e. The van der Waals surface area contributed by atoms with Crippen molar-refractivity contribution < 1.29 is 23.8 Å². The van der Waals surface area contributed by atoms with E-state index >= 15 is 0 Å². The van der Waals surface area contributed by atoms with Crippen LogP contribution in [0, 0.1) is 5.82 Å². The molecule has 0 unspecified atom stereocenters. The molecule has 0 aliphatic carbocycles. The number of aromatic nitrogens is 3. The molecule has 6 N–H and O–H groups in total. The van der Waals surface area contributed by atoms with Gasteiger partial charge < -0.3 is 36.4 Å². The maximum absolute atomic E-state index is 14.9. The molecule has 186 valence electrons. The molecular formula is C22H27FN8O4. The van der Waals surface area contributed by atoms with Crippen LogP contribution in [0.25, 0.3) is 10.9 Å². The first-order chi connectivity index (χ1) is 16.6. The summed E-state index contributed by atoms with van der Waals surface area (Å²) < 4.78 is 22.0.